The van der Waals surface area contributed by atoms with Gasteiger partial charge in [0.25, 0.3) is 0 Å². The van der Waals surface area contributed by atoms with Crippen molar-refractivity contribution in [3.05, 3.63) is 52.5 Å². The van der Waals surface area contributed by atoms with E-state index in [0.29, 0.717) is 12.6 Å². The van der Waals surface area contributed by atoms with E-state index < -0.39 is 0 Å². The maximum absolute atomic E-state index is 13.0. The average molecular weight is 368 g/mol. The molecule has 1 fully saturated rings. The predicted molar refractivity (Wildman–Crippen MR) is 107 cm³/mol. The normalized spacial score (nSPS) is 15.4. The molecule has 0 unspecified atom stereocenters. The van der Waals surface area contributed by atoms with Gasteiger partial charge in [-0.25, -0.2) is 4.98 Å². The molecule has 1 aliphatic carbocycles. The molecule has 3 aromatic rings. The van der Waals surface area contributed by atoms with Crippen molar-refractivity contribution in [2.24, 2.45) is 0 Å². The van der Waals surface area contributed by atoms with Gasteiger partial charge >= 0.3 is 0 Å². The summed E-state index contributed by atoms with van der Waals surface area (Å²) in [5.41, 5.74) is 2.01. The number of hydrogen-bond donors (Lipinski definition) is 0. The molecule has 0 atom stereocenters. The third-order valence-corrected chi connectivity index (χ3v) is 6.33. The SMILES string of the molecule is CN(C(=O)Cn1c(Cc2cccs2)nc2ccccc21)C1CCCCC1. The van der Waals surface area contributed by atoms with Crippen LogP contribution in [0.25, 0.3) is 11.0 Å². The van der Waals surface area contributed by atoms with Gasteiger partial charge in [-0.05, 0) is 36.4 Å². The van der Waals surface area contributed by atoms with E-state index in [-0.39, 0.29) is 5.91 Å². The van der Waals surface area contributed by atoms with E-state index in [1.54, 1.807) is 11.3 Å². The van der Waals surface area contributed by atoms with Crippen molar-refractivity contribution < 1.29 is 4.79 Å². The van der Waals surface area contributed by atoms with Gasteiger partial charge in [-0.2, -0.15) is 0 Å². The van der Waals surface area contributed by atoms with Crippen LogP contribution in [0.15, 0.2) is 41.8 Å². The number of fused-ring (bicyclic) bond motifs is 1. The van der Waals surface area contributed by atoms with Crippen LogP contribution in [0.2, 0.25) is 0 Å². The predicted octanol–water partition coefficient (Wildman–Crippen LogP) is 4.48. The number of carbonyl (C=O) groups is 1. The van der Waals surface area contributed by atoms with Crippen LogP contribution in [-0.4, -0.2) is 33.4 Å². The van der Waals surface area contributed by atoms with Gasteiger partial charge in [-0.1, -0.05) is 37.5 Å². The molecule has 1 aliphatic rings. The number of hydrogen-bond acceptors (Lipinski definition) is 3. The van der Waals surface area contributed by atoms with Crippen molar-refractivity contribution in [3.8, 4) is 0 Å². The lowest BCUT2D eigenvalue weighted by Gasteiger charge is -2.31. The van der Waals surface area contributed by atoms with Crippen LogP contribution in [0.4, 0.5) is 0 Å². The molecule has 0 spiro atoms. The number of carbonyl (C=O) groups excluding carboxylic acids is 1. The van der Waals surface area contributed by atoms with Gasteiger partial charge in [-0.15, -0.1) is 11.3 Å². The van der Waals surface area contributed by atoms with Crippen LogP contribution in [-0.2, 0) is 17.8 Å². The fourth-order valence-electron chi connectivity index (χ4n) is 3.92. The first kappa shape index (κ1) is 17.3. The lowest BCUT2D eigenvalue weighted by Crippen LogP contribution is -2.40. The van der Waals surface area contributed by atoms with Crippen LogP contribution in [0.5, 0.6) is 0 Å². The molecule has 5 heteroatoms. The highest BCUT2D eigenvalue weighted by atomic mass is 32.1. The molecule has 1 aromatic carbocycles. The van der Waals surface area contributed by atoms with Crippen molar-refractivity contribution in [2.45, 2.75) is 51.1 Å². The number of amides is 1. The van der Waals surface area contributed by atoms with Gasteiger partial charge in [0.2, 0.25) is 5.91 Å². The molecule has 136 valence electrons. The highest BCUT2D eigenvalue weighted by Gasteiger charge is 2.23. The molecule has 0 radical (unpaired) electrons. The molecule has 26 heavy (non-hydrogen) atoms. The maximum atomic E-state index is 13.0. The van der Waals surface area contributed by atoms with Crippen LogP contribution < -0.4 is 0 Å². The van der Waals surface area contributed by atoms with E-state index in [4.69, 9.17) is 4.98 Å². The lowest BCUT2D eigenvalue weighted by atomic mass is 9.94. The molecule has 0 N–H and O–H groups in total. The molecule has 4 rings (SSSR count). The summed E-state index contributed by atoms with van der Waals surface area (Å²) in [5.74, 6) is 1.16. The van der Waals surface area contributed by atoms with Gasteiger partial charge in [0.15, 0.2) is 0 Å². The standard InChI is InChI=1S/C21H25N3OS/c1-23(16-8-3-2-4-9-16)21(25)15-24-19-12-6-5-11-18(19)22-20(24)14-17-10-7-13-26-17/h5-7,10-13,16H,2-4,8-9,14-15H2,1H3. The second-order valence-corrected chi connectivity index (χ2v) is 8.19. The highest BCUT2D eigenvalue weighted by Crippen LogP contribution is 2.24. The summed E-state index contributed by atoms with van der Waals surface area (Å²) in [4.78, 5) is 21.0. The van der Waals surface area contributed by atoms with E-state index in [9.17, 15) is 4.79 Å². The lowest BCUT2D eigenvalue weighted by molar-refractivity contribution is -0.133. The number of nitrogens with zero attached hydrogens (tertiary/aromatic N) is 3. The zero-order valence-corrected chi connectivity index (χ0v) is 16.0. The van der Waals surface area contributed by atoms with E-state index in [1.807, 2.05) is 30.1 Å². The second kappa shape index (κ2) is 7.62. The minimum atomic E-state index is 0.187. The van der Waals surface area contributed by atoms with Crippen molar-refractivity contribution in [3.63, 3.8) is 0 Å². The number of imidazole rings is 1. The number of rotatable bonds is 5. The largest absolute Gasteiger partial charge is 0.341 e. The summed E-state index contributed by atoms with van der Waals surface area (Å²) < 4.78 is 2.11. The van der Waals surface area contributed by atoms with Gasteiger partial charge < -0.3 is 9.47 Å². The fraction of sp³-hybridized carbons (Fsp3) is 0.429. The minimum absolute atomic E-state index is 0.187. The Bertz CT molecular complexity index is 878. The molecular weight excluding hydrogens is 342 g/mol. The van der Waals surface area contributed by atoms with Gasteiger partial charge in [0, 0.05) is 24.4 Å². The number of aromatic nitrogens is 2. The Morgan fingerprint density at radius 1 is 1.19 bits per heavy atom. The third-order valence-electron chi connectivity index (χ3n) is 5.46. The van der Waals surface area contributed by atoms with E-state index in [1.165, 1.54) is 24.1 Å². The molecule has 2 heterocycles. The summed E-state index contributed by atoms with van der Waals surface area (Å²) in [6, 6.07) is 12.7. The number of para-hydroxylation sites is 2. The number of thiophene rings is 1. The molecule has 0 aliphatic heterocycles. The zero-order valence-electron chi connectivity index (χ0n) is 15.2. The Morgan fingerprint density at radius 2 is 2.00 bits per heavy atom. The summed E-state index contributed by atoms with van der Waals surface area (Å²) in [6.07, 6.45) is 6.81. The van der Waals surface area contributed by atoms with Crippen LogP contribution in [0.1, 0.15) is 42.8 Å². The average Bonchev–Trinajstić information content (AvgIpc) is 3.30. The topological polar surface area (TPSA) is 38.1 Å². The minimum Gasteiger partial charge on any atom is -0.341 e. The van der Waals surface area contributed by atoms with Gasteiger partial charge in [0.05, 0.1) is 11.0 Å². The summed E-state index contributed by atoms with van der Waals surface area (Å²) >= 11 is 1.74. The van der Waals surface area contributed by atoms with E-state index in [0.717, 1.165) is 36.1 Å². The highest BCUT2D eigenvalue weighted by molar-refractivity contribution is 7.09. The first-order chi connectivity index (χ1) is 12.7. The van der Waals surface area contributed by atoms with Crippen molar-refractivity contribution in [2.75, 3.05) is 7.05 Å². The zero-order chi connectivity index (χ0) is 17.9. The van der Waals surface area contributed by atoms with Crippen LogP contribution in [0.3, 0.4) is 0 Å². The van der Waals surface area contributed by atoms with E-state index in [2.05, 4.69) is 28.1 Å². The Labute approximate surface area is 158 Å². The quantitative estimate of drug-likeness (QED) is 0.667. The molecular formula is C21H25N3OS. The molecule has 4 nitrogen and oxygen atoms in total. The number of benzene rings is 1. The summed E-state index contributed by atoms with van der Waals surface area (Å²) in [5, 5.41) is 2.09. The summed E-state index contributed by atoms with van der Waals surface area (Å²) in [6.45, 7) is 0.369. The molecule has 1 amide bonds. The van der Waals surface area contributed by atoms with Gasteiger partial charge in [0.1, 0.15) is 12.4 Å². The first-order valence-corrected chi connectivity index (χ1v) is 10.3. The van der Waals surface area contributed by atoms with Gasteiger partial charge in [-0.3, -0.25) is 4.79 Å². The smallest absolute Gasteiger partial charge is 0.242 e. The third kappa shape index (κ3) is 3.54. The monoisotopic (exact) mass is 367 g/mol. The van der Waals surface area contributed by atoms with Crippen molar-refractivity contribution in [1.82, 2.24) is 14.5 Å². The Hall–Kier alpha value is -2.14. The van der Waals surface area contributed by atoms with Crippen LogP contribution >= 0.6 is 11.3 Å². The Balaban J connectivity index is 1.60. The Kier molecular flexibility index (Phi) is 5.07. The fourth-order valence-corrected chi connectivity index (χ4v) is 4.63. The summed E-state index contributed by atoms with van der Waals surface area (Å²) in [7, 11) is 1.97. The first-order valence-electron chi connectivity index (χ1n) is 9.44. The van der Waals surface area contributed by atoms with Crippen molar-refractivity contribution in [1.29, 1.82) is 0 Å². The van der Waals surface area contributed by atoms with Crippen molar-refractivity contribution >= 4 is 28.3 Å². The molecule has 2 aromatic heterocycles. The second-order valence-electron chi connectivity index (χ2n) is 7.16. The van der Waals surface area contributed by atoms with E-state index >= 15 is 0 Å². The molecule has 0 saturated heterocycles. The number of likely N-dealkylation sites (N-methyl/N-ethyl adjacent to an activating group) is 1. The molecule has 0 bridgehead atoms. The Morgan fingerprint density at radius 3 is 2.77 bits per heavy atom. The van der Waals surface area contributed by atoms with Crippen LogP contribution in [0, 0.1) is 0 Å². The maximum Gasteiger partial charge on any atom is 0.242 e. The molecule has 1 saturated carbocycles.